The number of nitrogens with zero attached hydrogens (tertiary/aromatic N) is 1. The van der Waals surface area contributed by atoms with E-state index in [0.29, 0.717) is 5.02 Å². The monoisotopic (exact) mass is 371 g/mol. The summed E-state index contributed by atoms with van der Waals surface area (Å²) in [6.07, 6.45) is 5.33. The van der Waals surface area contributed by atoms with Crippen LogP contribution in [-0.2, 0) is 4.79 Å². The number of likely N-dealkylation sites (tertiary alicyclic amines) is 1. The number of carbonyl (C=O) groups excluding carboxylic acids is 1. The predicted octanol–water partition coefficient (Wildman–Crippen LogP) is 4.73. The molecule has 0 spiro atoms. The number of carbonyl (C=O) groups is 1. The Balaban J connectivity index is 1.79. The Kier molecular flexibility index (Phi) is 5.84. The molecule has 0 saturated carbocycles. The van der Waals surface area contributed by atoms with Gasteiger partial charge in [0.05, 0.1) is 20.3 Å². The van der Waals surface area contributed by atoms with Gasteiger partial charge in [-0.2, -0.15) is 0 Å². The molecule has 1 heterocycles. The largest absolute Gasteiger partial charge is 0.497 e. The molecule has 0 aliphatic carbocycles. The number of amides is 1. The van der Waals surface area contributed by atoms with Crippen LogP contribution in [0.4, 0.5) is 0 Å². The van der Waals surface area contributed by atoms with Gasteiger partial charge in [0, 0.05) is 29.3 Å². The third kappa shape index (κ3) is 4.02. The molecular formula is C21H22ClNO3. The Hall–Kier alpha value is -2.46. The summed E-state index contributed by atoms with van der Waals surface area (Å²) < 4.78 is 10.8. The standard InChI is InChI=1S/C21H22ClNO3/c1-25-17-10-11-18(20(14-17)26-2)19-4-3-13-23(19)21(24)12-7-15-5-8-16(22)9-6-15/h5-12,14,19H,3-4,13H2,1-2H3/b12-7+/t19-/m0/s1. The van der Waals surface area contributed by atoms with E-state index in [-0.39, 0.29) is 11.9 Å². The van der Waals surface area contributed by atoms with Gasteiger partial charge >= 0.3 is 0 Å². The Bertz CT molecular complexity index is 801. The van der Waals surface area contributed by atoms with Crippen molar-refractivity contribution in [3.05, 3.63) is 64.7 Å². The van der Waals surface area contributed by atoms with Crippen molar-refractivity contribution in [3.63, 3.8) is 0 Å². The quantitative estimate of drug-likeness (QED) is 0.713. The molecule has 0 bridgehead atoms. The second-order valence-corrected chi connectivity index (χ2v) is 6.62. The number of ether oxygens (including phenoxy) is 2. The molecule has 1 fully saturated rings. The average Bonchev–Trinajstić information content (AvgIpc) is 3.16. The lowest BCUT2D eigenvalue weighted by Gasteiger charge is -2.25. The lowest BCUT2D eigenvalue weighted by molar-refractivity contribution is -0.126. The van der Waals surface area contributed by atoms with Gasteiger partial charge in [-0.25, -0.2) is 0 Å². The van der Waals surface area contributed by atoms with Gasteiger partial charge in [-0.1, -0.05) is 23.7 Å². The van der Waals surface area contributed by atoms with Gasteiger partial charge in [0.2, 0.25) is 5.91 Å². The normalized spacial score (nSPS) is 16.9. The molecule has 0 N–H and O–H groups in total. The summed E-state index contributed by atoms with van der Waals surface area (Å²) in [6.45, 7) is 0.740. The molecule has 136 valence electrons. The highest BCUT2D eigenvalue weighted by atomic mass is 35.5. The van der Waals surface area contributed by atoms with Crippen molar-refractivity contribution in [3.8, 4) is 11.5 Å². The van der Waals surface area contributed by atoms with E-state index in [2.05, 4.69) is 0 Å². The highest BCUT2D eigenvalue weighted by Crippen LogP contribution is 2.38. The summed E-state index contributed by atoms with van der Waals surface area (Å²) in [7, 11) is 3.27. The van der Waals surface area contributed by atoms with Crippen molar-refractivity contribution in [2.24, 2.45) is 0 Å². The van der Waals surface area contributed by atoms with Gasteiger partial charge < -0.3 is 14.4 Å². The summed E-state index contributed by atoms with van der Waals surface area (Å²) in [5.41, 5.74) is 1.96. The van der Waals surface area contributed by atoms with Crippen LogP contribution in [0.25, 0.3) is 6.08 Å². The van der Waals surface area contributed by atoms with E-state index in [1.807, 2.05) is 53.4 Å². The fourth-order valence-corrected chi connectivity index (χ4v) is 3.41. The molecule has 2 aromatic rings. The molecule has 1 aliphatic heterocycles. The molecule has 1 amide bonds. The lowest BCUT2D eigenvalue weighted by Crippen LogP contribution is -2.29. The molecule has 1 aliphatic rings. The van der Waals surface area contributed by atoms with Crippen molar-refractivity contribution >= 4 is 23.6 Å². The van der Waals surface area contributed by atoms with Crippen LogP contribution in [0.2, 0.25) is 5.02 Å². The van der Waals surface area contributed by atoms with E-state index >= 15 is 0 Å². The topological polar surface area (TPSA) is 38.8 Å². The highest BCUT2D eigenvalue weighted by Gasteiger charge is 2.30. The summed E-state index contributed by atoms with van der Waals surface area (Å²) >= 11 is 5.90. The van der Waals surface area contributed by atoms with Crippen molar-refractivity contribution in [2.45, 2.75) is 18.9 Å². The van der Waals surface area contributed by atoms with Crippen LogP contribution in [0.5, 0.6) is 11.5 Å². The maximum atomic E-state index is 12.7. The van der Waals surface area contributed by atoms with Crippen molar-refractivity contribution in [1.82, 2.24) is 4.90 Å². The molecule has 0 aromatic heterocycles. The number of methoxy groups -OCH3 is 2. The van der Waals surface area contributed by atoms with E-state index in [9.17, 15) is 4.79 Å². The van der Waals surface area contributed by atoms with E-state index in [4.69, 9.17) is 21.1 Å². The van der Waals surface area contributed by atoms with E-state index in [1.165, 1.54) is 0 Å². The fourth-order valence-electron chi connectivity index (χ4n) is 3.28. The number of halogens is 1. The van der Waals surface area contributed by atoms with Crippen LogP contribution >= 0.6 is 11.6 Å². The maximum absolute atomic E-state index is 12.7. The highest BCUT2D eigenvalue weighted by molar-refractivity contribution is 6.30. The Morgan fingerprint density at radius 1 is 1.15 bits per heavy atom. The average molecular weight is 372 g/mol. The Morgan fingerprint density at radius 2 is 1.92 bits per heavy atom. The van der Waals surface area contributed by atoms with Crippen LogP contribution < -0.4 is 9.47 Å². The third-order valence-corrected chi connectivity index (χ3v) is 4.88. The summed E-state index contributed by atoms with van der Waals surface area (Å²) in [5.74, 6) is 1.49. The number of hydrogen-bond donors (Lipinski definition) is 0. The zero-order chi connectivity index (χ0) is 18.5. The number of benzene rings is 2. The summed E-state index contributed by atoms with van der Waals surface area (Å²) in [4.78, 5) is 14.6. The first kappa shape index (κ1) is 18.3. The smallest absolute Gasteiger partial charge is 0.247 e. The first-order chi connectivity index (χ1) is 12.6. The SMILES string of the molecule is COc1ccc([C@@H]2CCCN2C(=O)/C=C/c2ccc(Cl)cc2)c(OC)c1. The van der Waals surface area contributed by atoms with Crippen molar-refractivity contribution in [2.75, 3.05) is 20.8 Å². The van der Waals surface area contributed by atoms with Gasteiger partial charge in [0.1, 0.15) is 11.5 Å². The van der Waals surface area contributed by atoms with Gasteiger partial charge in [0.25, 0.3) is 0 Å². The molecule has 5 heteroatoms. The van der Waals surface area contributed by atoms with Gasteiger partial charge in [-0.05, 0) is 48.7 Å². The van der Waals surface area contributed by atoms with Crippen molar-refractivity contribution < 1.29 is 14.3 Å². The molecule has 0 radical (unpaired) electrons. The van der Waals surface area contributed by atoms with Crippen molar-refractivity contribution in [1.29, 1.82) is 0 Å². The second-order valence-electron chi connectivity index (χ2n) is 6.18. The minimum absolute atomic E-state index is 0.000297. The first-order valence-corrected chi connectivity index (χ1v) is 8.96. The lowest BCUT2D eigenvalue weighted by atomic mass is 10.0. The third-order valence-electron chi connectivity index (χ3n) is 4.62. The first-order valence-electron chi connectivity index (χ1n) is 8.58. The molecule has 4 nitrogen and oxygen atoms in total. The zero-order valence-corrected chi connectivity index (χ0v) is 15.7. The van der Waals surface area contributed by atoms with Crippen LogP contribution in [0.3, 0.4) is 0 Å². The Labute approximate surface area is 159 Å². The van der Waals surface area contributed by atoms with Gasteiger partial charge in [-0.15, -0.1) is 0 Å². The van der Waals surface area contributed by atoms with E-state index in [1.54, 1.807) is 20.3 Å². The second kappa shape index (κ2) is 8.28. The number of rotatable bonds is 5. The van der Waals surface area contributed by atoms with Crippen LogP contribution in [0.15, 0.2) is 48.5 Å². The van der Waals surface area contributed by atoms with E-state index in [0.717, 1.165) is 42.0 Å². The molecule has 1 atom stereocenters. The van der Waals surface area contributed by atoms with Crippen LogP contribution in [0, 0.1) is 0 Å². The van der Waals surface area contributed by atoms with Crippen LogP contribution in [0.1, 0.15) is 30.0 Å². The molecule has 2 aromatic carbocycles. The molecule has 26 heavy (non-hydrogen) atoms. The Morgan fingerprint density at radius 3 is 2.62 bits per heavy atom. The van der Waals surface area contributed by atoms with E-state index < -0.39 is 0 Å². The molecular weight excluding hydrogens is 350 g/mol. The minimum atomic E-state index is 0.000297. The minimum Gasteiger partial charge on any atom is -0.497 e. The fraction of sp³-hybridized carbons (Fsp3) is 0.286. The summed E-state index contributed by atoms with van der Waals surface area (Å²) in [5, 5.41) is 0.680. The summed E-state index contributed by atoms with van der Waals surface area (Å²) in [6, 6.07) is 13.2. The molecule has 3 rings (SSSR count). The van der Waals surface area contributed by atoms with Crippen LogP contribution in [-0.4, -0.2) is 31.6 Å². The predicted molar refractivity (Wildman–Crippen MR) is 104 cm³/mol. The number of hydrogen-bond acceptors (Lipinski definition) is 3. The zero-order valence-electron chi connectivity index (χ0n) is 14.9. The van der Waals surface area contributed by atoms with Gasteiger partial charge in [-0.3, -0.25) is 4.79 Å². The maximum Gasteiger partial charge on any atom is 0.247 e. The molecule has 1 saturated heterocycles. The molecule has 0 unspecified atom stereocenters. The van der Waals surface area contributed by atoms with Gasteiger partial charge in [0.15, 0.2) is 0 Å².